The van der Waals surface area contributed by atoms with Gasteiger partial charge in [-0.15, -0.1) is 0 Å². The molecule has 2 aliphatic rings. The summed E-state index contributed by atoms with van der Waals surface area (Å²) >= 11 is 6.37. The molecule has 4 atom stereocenters. The van der Waals surface area contributed by atoms with Crippen LogP contribution >= 0.6 is 11.6 Å². The smallest absolute Gasteiger partial charge is 0.387 e. The fourth-order valence-corrected chi connectivity index (χ4v) is 5.85. The average Bonchev–Trinajstić information content (AvgIpc) is 3.31. The van der Waals surface area contributed by atoms with E-state index in [0.717, 1.165) is 18.2 Å². The van der Waals surface area contributed by atoms with Gasteiger partial charge in [-0.05, 0) is 37.0 Å². The third kappa shape index (κ3) is 5.58. The molecule has 1 fully saturated rings. The van der Waals surface area contributed by atoms with E-state index in [-0.39, 0.29) is 48.7 Å². The molecule has 12 heteroatoms. The number of halogens is 6. The van der Waals surface area contributed by atoms with E-state index in [4.69, 9.17) is 22.1 Å². The van der Waals surface area contributed by atoms with Crippen molar-refractivity contribution < 1.29 is 41.3 Å². The second-order valence-electron chi connectivity index (χ2n) is 10.2. The van der Waals surface area contributed by atoms with E-state index in [1.165, 1.54) is 0 Å². The summed E-state index contributed by atoms with van der Waals surface area (Å²) in [5.41, 5.74) is 3.83. The Hall–Kier alpha value is -3.41. The number of carbonyl (C=O) groups is 1. The molecule has 0 unspecified atom stereocenters. The number of alkyl halides is 3. The molecule has 4 N–H and O–H groups in total. The molecule has 0 radical (unpaired) electrons. The van der Waals surface area contributed by atoms with Gasteiger partial charge in [-0.25, -0.2) is 13.2 Å². The third-order valence-electron chi connectivity index (χ3n) is 7.61. The first-order valence-electron chi connectivity index (χ1n) is 12.9. The highest BCUT2D eigenvalue weighted by molar-refractivity contribution is 6.34. The maximum absolute atomic E-state index is 15.7. The quantitative estimate of drug-likeness (QED) is 0.292. The van der Waals surface area contributed by atoms with Crippen molar-refractivity contribution in [1.82, 2.24) is 5.32 Å². The molecule has 5 rings (SSSR count). The average molecular weight is 597 g/mol. The van der Waals surface area contributed by atoms with Gasteiger partial charge in [-0.3, -0.25) is 4.79 Å². The molecule has 1 heterocycles. The number of ether oxygens (including phenoxy) is 2. The maximum atomic E-state index is 15.7. The number of nitrogens with two attached hydrogens (primary N) is 1. The lowest BCUT2D eigenvalue weighted by molar-refractivity contribution is -0.0521. The van der Waals surface area contributed by atoms with E-state index in [9.17, 15) is 23.1 Å². The summed E-state index contributed by atoms with van der Waals surface area (Å²) in [4.78, 5) is 12.3. The zero-order valence-electron chi connectivity index (χ0n) is 21.5. The normalized spacial score (nSPS) is 23.8. The maximum Gasteiger partial charge on any atom is 0.387 e. The second kappa shape index (κ2) is 11.5. The molecule has 1 aliphatic carbocycles. The van der Waals surface area contributed by atoms with Crippen LogP contribution in [0.4, 0.5) is 22.0 Å². The molecule has 41 heavy (non-hydrogen) atoms. The Morgan fingerprint density at radius 1 is 1.17 bits per heavy atom. The Morgan fingerprint density at radius 2 is 1.90 bits per heavy atom. The molecule has 0 saturated heterocycles. The minimum absolute atomic E-state index is 0.00927. The van der Waals surface area contributed by atoms with Crippen molar-refractivity contribution in [2.75, 3.05) is 6.54 Å². The number of aliphatic hydroxyl groups is 1. The molecule has 1 saturated carbocycles. The second-order valence-corrected chi connectivity index (χ2v) is 10.6. The van der Waals surface area contributed by atoms with Gasteiger partial charge in [-0.2, -0.15) is 8.78 Å². The van der Waals surface area contributed by atoms with E-state index >= 15 is 8.78 Å². The molecule has 0 spiro atoms. The molecule has 3 aromatic carbocycles. The number of aliphatic hydroxyl groups excluding tert-OH is 1. The summed E-state index contributed by atoms with van der Waals surface area (Å²) in [6, 6.07) is 11.4. The molecular formula is C29H26ClF5N2O4. The monoisotopic (exact) mass is 596 g/mol. The highest BCUT2D eigenvalue weighted by Crippen LogP contribution is 2.50. The van der Waals surface area contributed by atoms with Crippen LogP contribution in [-0.4, -0.2) is 42.5 Å². The zero-order valence-corrected chi connectivity index (χ0v) is 22.2. The third-order valence-corrected chi connectivity index (χ3v) is 7.98. The van der Waals surface area contributed by atoms with Crippen molar-refractivity contribution in [3.63, 3.8) is 0 Å². The Labute approximate surface area is 237 Å². The van der Waals surface area contributed by atoms with Crippen LogP contribution in [0.1, 0.15) is 40.7 Å². The summed E-state index contributed by atoms with van der Waals surface area (Å²) in [6.07, 6.45) is -1.58. The number of rotatable bonds is 8. The van der Waals surface area contributed by atoms with Gasteiger partial charge in [0, 0.05) is 41.8 Å². The summed E-state index contributed by atoms with van der Waals surface area (Å²) in [5.74, 6) is -4.38. The number of hydrogen-bond donors (Lipinski definition) is 3. The van der Waals surface area contributed by atoms with Gasteiger partial charge in [0.15, 0.2) is 17.2 Å². The standard InChI is InChI=1S/C29H26ClF5N2O4/c30-25-19(32)11-22-17(23(25)24-16(27(36)39)7-9-21(26(24)33)40-28(34)35)12-29(41-22,14-4-2-1-3-5-14)13-37-15-6-8-20(38)18(31)10-15/h1-5,7,9,11,15,18,20,28,37-38H,6,8,10,12-13H2,(H2,36,39)/t15-,18+,20+,29-/m1/s1. The van der Waals surface area contributed by atoms with Crippen molar-refractivity contribution in [3.05, 3.63) is 81.9 Å². The number of benzene rings is 3. The first-order chi connectivity index (χ1) is 19.5. The van der Waals surface area contributed by atoms with Gasteiger partial charge in [0.25, 0.3) is 0 Å². The molecule has 3 aromatic rings. The Kier molecular flexibility index (Phi) is 8.13. The summed E-state index contributed by atoms with van der Waals surface area (Å²) in [5, 5.41) is 12.5. The number of hydrogen-bond acceptors (Lipinski definition) is 5. The zero-order chi connectivity index (χ0) is 29.5. The highest BCUT2D eigenvalue weighted by atomic mass is 35.5. The molecule has 0 aromatic heterocycles. The molecule has 1 amide bonds. The number of amides is 1. The lowest BCUT2D eigenvalue weighted by Crippen LogP contribution is -2.48. The van der Waals surface area contributed by atoms with Crippen LogP contribution in [0.5, 0.6) is 11.5 Å². The minimum atomic E-state index is -3.38. The van der Waals surface area contributed by atoms with Gasteiger partial charge in [0.2, 0.25) is 5.91 Å². The van der Waals surface area contributed by atoms with Crippen molar-refractivity contribution in [2.24, 2.45) is 5.73 Å². The molecule has 0 bridgehead atoms. The lowest BCUT2D eigenvalue weighted by Gasteiger charge is -2.34. The first kappa shape index (κ1) is 29.1. The van der Waals surface area contributed by atoms with Crippen LogP contribution in [0.25, 0.3) is 11.1 Å². The van der Waals surface area contributed by atoms with Crippen molar-refractivity contribution in [1.29, 1.82) is 0 Å². The van der Waals surface area contributed by atoms with Gasteiger partial charge >= 0.3 is 6.61 Å². The molecule has 1 aliphatic heterocycles. The van der Waals surface area contributed by atoms with Crippen molar-refractivity contribution >= 4 is 17.5 Å². The van der Waals surface area contributed by atoms with E-state index < -0.39 is 63.9 Å². The topological polar surface area (TPSA) is 93.8 Å². The van der Waals surface area contributed by atoms with Gasteiger partial charge in [-0.1, -0.05) is 41.9 Å². The fourth-order valence-electron chi connectivity index (χ4n) is 5.59. The minimum Gasteiger partial charge on any atom is -0.480 e. The van der Waals surface area contributed by atoms with Crippen LogP contribution in [0.15, 0.2) is 48.5 Å². The van der Waals surface area contributed by atoms with Crippen LogP contribution in [0, 0.1) is 11.6 Å². The highest BCUT2D eigenvalue weighted by Gasteiger charge is 2.45. The first-order valence-corrected chi connectivity index (χ1v) is 13.3. The summed E-state index contributed by atoms with van der Waals surface area (Å²) in [7, 11) is 0. The molecule has 218 valence electrons. The van der Waals surface area contributed by atoms with Crippen LogP contribution < -0.4 is 20.5 Å². The fraction of sp³-hybridized carbons (Fsp3) is 0.345. The van der Waals surface area contributed by atoms with Gasteiger partial charge in [0.1, 0.15) is 17.7 Å². The number of carbonyl (C=O) groups excluding carboxylic acids is 1. The Bertz CT molecular complexity index is 1460. The lowest BCUT2D eigenvalue weighted by atomic mass is 9.84. The SMILES string of the molecule is NC(=O)c1ccc(OC(F)F)c(F)c1-c1c(Cl)c(F)cc2c1C[C@@](CN[C@@H]1CC[C@H](O)[C@@H](F)C1)(c1ccccc1)O2. The molecular weight excluding hydrogens is 571 g/mol. The predicted molar refractivity (Wildman–Crippen MR) is 141 cm³/mol. The van der Waals surface area contributed by atoms with E-state index in [1.54, 1.807) is 30.3 Å². The molecule has 6 nitrogen and oxygen atoms in total. The van der Waals surface area contributed by atoms with Crippen molar-refractivity contribution in [3.8, 4) is 22.6 Å². The van der Waals surface area contributed by atoms with E-state index in [1.807, 2.05) is 0 Å². The van der Waals surface area contributed by atoms with Crippen LogP contribution in [0.2, 0.25) is 5.02 Å². The van der Waals surface area contributed by atoms with Gasteiger partial charge in [0.05, 0.1) is 16.7 Å². The van der Waals surface area contributed by atoms with Gasteiger partial charge < -0.3 is 25.6 Å². The van der Waals surface area contributed by atoms with Crippen LogP contribution in [0.3, 0.4) is 0 Å². The summed E-state index contributed by atoms with van der Waals surface area (Å²) in [6.45, 7) is -3.27. The summed E-state index contributed by atoms with van der Waals surface area (Å²) < 4.78 is 81.8. The van der Waals surface area contributed by atoms with E-state index in [2.05, 4.69) is 10.1 Å². The largest absolute Gasteiger partial charge is 0.480 e. The number of nitrogens with one attached hydrogen (secondary N) is 1. The van der Waals surface area contributed by atoms with E-state index in [0.29, 0.717) is 12.0 Å². The Morgan fingerprint density at radius 3 is 2.56 bits per heavy atom. The number of fused-ring (bicyclic) bond motifs is 1. The number of primary amides is 1. The predicted octanol–water partition coefficient (Wildman–Crippen LogP) is 5.66. The Balaban J connectivity index is 1.62. The van der Waals surface area contributed by atoms with Crippen LogP contribution in [-0.2, 0) is 12.0 Å². The van der Waals surface area contributed by atoms with Crippen molar-refractivity contribution in [2.45, 2.75) is 56.2 Å².